The molecule has 1 heterocycles. The number of aliphatic hydroxyl groups is 2. The third kappa shape index (κ3) is 25.0. The number of ether oxygens (including phenoxy) is 6. The molecule has 2 bridgehead atoms. The predicted molar refractivity (Wildman–Crippen MR) is 400 cm³/mol. The predicted octanol–water partition coefficient (Wildman–Crippen LogP) is 18.0. The number of Topliss-reactive ketones (excluding diaryl/α,β-unsaturated/α-hetero) is 1. The average molecular weight is 1610 g/mol. The van der Waals surface area contributed by atoms with Gasteiger partial charge in [-0.2, -0.15) is 0 Å². The normalized spacial score (nSPS) is 25.1. The first-order chi connectivity index (χ1) is 48.4. The molecule has 6 rings (SSSR count). The number of ketones is 1. The van der Waals surface area contributed by atoms with Crippen molar-refractivity contribution in [1.29, 1.82) is 0 Å². The Balaban J connectivity index is 0.0000187. The summed E-state index contributed by atoms with van der Waals surface area (Å²) < 4.78 is 37.9. The summed E-state index contributed by atoms with van der Waals surface area (Å²) in [5.74, 6) is -6.70. The zero-order chi connectivity index (χ0) is 73.3. The van der Waals surface area contributed by atoms with Crippen LogP contribution in [0.25, 0.3) is 0 Å². The molecular formula is C86H113AcNO14. The van der Waals surface area contributed by atoms with Gasteiger partial charge >= 0.3 is 30.0 Å². The van der Waals surface area contributed by atoms with Crippen molar-refractivity contribution in [3.05, 3.63) is 229 Å². The van der Waals surface area contributed by atoms with Crippen molar-refractivity contribution >= 4 is 35.8 Å². The summed E-state index contributed by atoms with van der Waals surface area (Å²) in [4.78, 5) is 89.1. The van der Waals surface area contributed by atoms with Crippen molar-refractivity contribution in [2.24, 2.45) is 22.7 Å². The van der Waals surface area contributed by atoms with E-state index >= 15 is 9.59 Å². The van der Waals surface area contributed by atoms with Gasteiger partial charge in [-0.15, -0.1) is 0 Å². The molecule has 0 aromatic heterocycles. The van der Waals surface area contributed by atoms with Crippen molar-refractivity contribution < 1.29 is 111 Å². The number of nitrogens with one attached hydrogen (secondary N) is 1. The van der Waals surface area contributed by atoms with Gasteiger partial charge in [0, 0.05) is 81.1 Å². The van der Waals surface area contributed by atoms with Crippen LogP contribution in [0.1, 0.15) is 207 Å². The molecule has 2 saturated carbocycles. The molecule has 0 spiro atoms. The number of alkyl carbamates (subject to hydrolysis) is 1. The van der Waals surface area contributed by atoms with Crippen LogP contribution in [0.15, 0.2) is 218 Å². The summed E-state index contributed by atoms with van der Waals surface area (Å²) in [7, 11) is 0. The molecule has 2 aromatic rings. The van der Waals surface area contributed by atoms with E-state index in [-0.39, 0.29) is 93.1 Å². The van der Waals surface area contributed by atoms with Crippen LogP contribution in [0.4, 0.5) is 4.79 Å². The van der Waals surface area contributed by atoms with Crippen LogP contribution >= 0.6 is 0 Å². The van der Waals surface area contributed by atoms with Crippen LogP contribution in [0.3, 0.4) is 0 Å². The fourth-order valence-electron chi connectivity index (χ4n) is 13.7. The van der Waals surface area contributed by atoms with Gasteiger partial charge in [0.2, 0.25) is 0 Å². The fraction of sp³-hybridized carbons (Fsp3) is 0.488. The quantitative estimate of drug-likeness (QED) is 0.0327. The minimum Gasteiger partial charge on any atom is -0.461 e. The van der Waals surface area contributed by atoms with Crippen LogP contribution in [0, 0.1) is 66.7 Å². The minimum absolute atomic E-state index is 0. The van der Waals surface area contributed by atoms with Crippen LogP contribution < -0.4 is 5.32 Å². The summed E-state index contributed by atoms with van der Waals surface area (Å²) >= 11 is 0. The number of carbonyl (C=O) groups is 6. The Morgan fingerprint density at radius 1 is 0.598 bits per heavy atom. The van der Waals surface area contributed by atoms with E-state index in [1.165, 1.54) is 19.1 Å². The number of benzene rings is 2. The first-order valence-electron chi connectivity index (χ1n) is 36.5. The number of carbonyl (C=O) groups excluding carboxylic acids is 6. The van der Waals surface area contributed by atoms with Crippen molar-refractivity contribution in [1.82, 2.24) is 5.32 Å². The molecule has 15 nitrogen and oxygen atoms in total. The largest absolute Gasteiger partial charge is 0.461 e. The summed E-state index contributed by atoms with van der Waals surface area (Å²) in [5.41, 5.74) is -8.10. The monoisotopic (exact) mass is 1610 g/mol. The molecule has 1 saturated heterocycles. The number of amides is 1. The number of hydrogen-bond donors (Lipinski definition) is 3. The van der Waals surface area contributed by atoms with Gasteiger partial charge in [0.15, 0.2) is 11.9 Å². The fourth-order valence-corrected chi connectivity index (χ4v) is 13.7. The maximum Gasteiger partial charge on any atom is 0.408 e. The van der Waals surface area contributed by atoms with Gasteiger partial charge in [-0.25, -0.2) is 9.59 Å². The van der Waals surface area contributed by atoms with E-state index in [9.17, 15) is 29.4 Å². The van der Waals surface area contributed by atoms with Crippen LogP contribution in [0.2, 0.25) is 0 Å². The summed E-state index contributed by atoms with van der Waals surface area (Å²) in [5, 5.41) is 30.5. The maximum atomic E-state index is 16.7. The molecule has 3 N–H and O–H groups in total. The Hall–Kier alpha value is -6.80. The van der Waals surface area contributed by atoms with Crippen molar-refractivity contribution in [3.8, 4) is 0 Å². The van der Waals surface area contributed by atoms with E-state index in [0.717, 1.165) is 64.2 Å². The molecule has 11 unspecified atom stereocenters. The third-order valence-corrected chi connectivity index (χ3v) is 19.3. The second kappa shape index (κ2) is 43.5. The Bertz CT molecular complexity index is 3430. The zero-order valence-corrected chi connectivity index (χ0v) is 66.8. The number of rotatable bonds is 37. The first kappa shape index (κ1) is 85.8. The van der Waals surface area contributed by atoms with E-state index in [1.807, 2.05) is 36.5 Å². The second-order valence-corrected chi connectivity index (χ2v) is 28.2. The molecule has 3 fully saturated rings. The van der Waals surface area contributed by atoms with Crippen LogP contribution in [-0.2, 0) is 47.6 Å². The molecule has 2 aromatic carbocycles. The molecule has 549 valence electrons. The molecule has 1 radical (unpaired) electrons. The minimum atomic E-state index is -2.39. The maximum absolute atomic E-state index is 16.7. The van der Waals surface area contributed by atoms with Gasteiger partial charge in [0.25, 0.3) is 0 Å². The smallest absolute Gasteiger partial charge is 0.408 e. The SMILES string of the molecule is CC/C=C\C/C=C\C/C=C\C/C=C\C/C=C\C/C=C\CCC(=O)OC1C(=O)C2(C)C(OC(=O)CC/C=C\C/C=C\C/C=C\C/C=C\C/C=C\C/C=C\CC)CC3OCC3(O)C2C(OC(=O)c2ccccc2)C2(O)CC(OC(=O)C(C)C(NC(=O)OC(C)(C)C)c3ccccc3)C(C)=C1C2(C)C.[Ac]. The molecular weight excluding hydrogens is 1500 g/mol. The second-order valence-electron chi connectivity index (χ2n) is 28.2. The number of allylic oxidation sites excluding steroid dienone is 24. The molecule has 11 atom stereocenters. The standard InChI is InChI=1S/C86H113NO14.Ac/c1-11-13-15-17-19-21-23-25-27-29-31-33-35-37-39-41-43-45-53-59-71(88)98-69-61-70-85(94,63-96-70)76-78(100-80(92)67-57-51-48-52-58-67)86(95)62-68(97-79(91)65(4)74(66-55-49-47-50-56-66)87-81(93)101-82(5,6)7)64(3)73(83(86,8)9)75(77(90)84(69,76)10)99-72(89)60-54-46-44-42-40-38-36-34-32-30-28-26-24-22-20-18-16-14-12-2;/h13-16,19-22,25-28,31-34,37-40,43-52,55-58,65,68-70,74-76,78,94-95H,11-12,17-18,23-24,29-30,35-36,41-42,53-54,59-63H2,1-10H3,(H,87,93);/b15-13-,16-14-,21-19-,22-20-,27-25-,28-26-,33-31-,34-32-,39-37-,40-38-,45-43-,46-44-;. The van der Waals surface area contributed by atoms with E-state index in [1.54, 1.807) is 97.0 Å². The van der Waals surface area contributed by atoms with Gasteiger partial charge in [-0.3, -0.25) is 19.2 Å². The van der Waals surface area contributed by atoms with Gasteiger partial charge < -0.3 is 44.0 Å². The topological polar surface area (TPSA) is 210 Å². The summed E-state index contributed by atoms with van der Waals surface area (Å²) in [6.07, 6.45) is 51.9. The Labute approximate surface area is 643 Å². The zero-order valence-electron chi connectivity index (χ0n) is 62.1. The van der Waals surface area contributed by atoms with E-state index in [0.29, 0.717) is 24.8 Å². The summed E-state index contributed by atoms with van der Waals surface area (Å²) in [6.45, 7) is 17.1. The van der Waals surface area contributed by atoms with Gasteiger partial charge in [0.05, 0.1) is 35.6 Å². The third-order valence-electron chi connectivity index (χ3n) is 19.3. The van der Waals surface area contributed by atoms with Gasteiger partial charge in [-0.05, 0) is 160 Å². The summed E-state index contributed by atoms with van der Waals surface area (Å²) in [6, 6.07) is 15.9. The van der Waals surface area contributed by atoms with Crippen molar-refractivity contribution in [2.75, 3.05) is 6.61 Å². The Morgan fingerprint density at radius 3 is 1.44 bits per heavy atom. The molecule has 4 aliphatic rings. The van der Waals surface area contributed by atoms with E-state index < -0.39 is 118 Å². The number of esters is 4. The van der Waals surface area contributed by atoms with Crippen LogP contribution in [-0.4, -0.2) is 99.9 Å². The van der Waals surface area contributed by atoms with E-state index in [2.05, 4.69) is 129 Å². The molecule has 1 amide bonds. The number of hydrogen-bond acceptors (Lipinski definition) is 14. The molecule has 102 heavy (non-hydrogen) atoms. The van der Waals surface area contributed by atoms with Crippen LogP contribution in [0.5, 0.6) is 0 Å². The molecule has 16 heteroatoms. The average Bonchev–Trinajstić information content (AvgIpc) is 0.671. The Morgan fingerprint density at radius 2 is 1.02 bits per heavy atom. The van der Waals surface area contributed by atoms with Crippen molar-refractivity contribution in [3.63, 3.8) is 0 Å². The van der Waals surface area contributed by atoms with Gasteiger partial charge in [0.1, 0.15) is 35.1 Å². The van der Waals surface area contributed by atoms with Gasteiger partial charge in [-0.1, -0.05) is 222 Å². The first-order valence-corrected chi connectivity index (χ1v) is 36.5. The van der Waals surface area contributed by atoms with E-state index in [4.69, 9.17) is 28.4 Å². The molecule has 3 aliphatic carbocycles. The Kier molecular flexibility index (Phi) is 36.6. The number of fused-ring (bicyclic) bond motifs is 5. The molecule has 1 aliphatic heterocycles. The van der Waals surface area contributed by atoms with Crippen molar-refractivity contribution in [2.45, 2.75) is 238 Å².